The highest BCUT2D eigenvalue weighted by Gasteiger charge is 2.21. The van der Waals surface area contributed by atoms with E-state index in [9.17, 15) is 19.2 Å². The SMILES string of the molecule is Cn1cc(C(=O)N2CCCCC2)cc(NC(=O)c2cc(=O)c3ccccc3o2)c1=O. The first kappa shape index (κ1) is 19.6. The maximum atomic E-state index is 12.8. The van der Waals surface area contributed by atoms with Gasteiger partial charge in [-0.1, -0.05) is 12.1 Å². The zero-order valence-corrected chi connectivity index (χ0v) is 16.5. The van der Waals surface area contributed by atoms with Crippen molar-refractivity contribution >= 4 is 28.5 Å². The largest absolute Gasteiger partial charge is 0.451 e. The van der Waals surface area contributed by atoms with Crippen molar-refractivity contribution < 1.29 is 14.0 Å². The molecule has 0 saturated carbocycles. The number of rotatable bonds is 3. The quantitative estimate of drug-likeness (QED) is 0.718. The molecular weight excluding hydrogens is 386 g/mol. The van der Waals surface area contributed by atoms with Crippen LogP contribution in [0.15, 0.2) is 56.6 Å². The third-order valence-corrected chi connectivity index (χ3v) is 5.18. The number of hydrogen-bond acceptors (Lipinski definition) is 5. The second-order valence-corrected chi connectivity index (χ2v) is 7.34. The fourth-order valence-electron chi connectivity index (χ4n) is 3.60. The van der Waals surface area contributed by atoms with Crippen LogP contribution in [0.3, 0.4) is 0 Å². The van der Waals surface area contributed by atoms with Crippen LogP contribution >= 0.6 is 0 Å². The number of pyridine rings is 1. The summed E-state index contributed by atoms with van der Waals surface area (Å²) in [6.45, 7) is 1.34. The van der Waals surface area contributed by atoms with Crippen molar-refractivity contribution in [3.8, 4) is 0 Å². The van der Waals surface area contributed by atoms with Gasteiger partial charge in [-0.05, 0) is 37.5 Å². The zero-order valence-electron chi connectivity index (χ0n) is 16.5. The van der Waals surface area contributed by atoms with Crippen LogP contribution in [0.5, 0.6) is 0 Å². The Morgan fingerprint density at radius 1 is 1.03 bits per heavy atom. The van der Waals surface area contributed by atoms with Crippen molar-refractivity contribution in [2.24, 2.45) is 7.05 Å². The molecule has 0 spiro atoms. The van der Waals surface area contributed by atoms with Gasteiger partial charge in [0.05, 0.1) is 10.9 Å². The number of fused-ring (bicyclic) bond motifs is 1. The Morgan fingerprint density at radius 2 is 1.77 bits per heavy atom. The molecule has 30 heavy (non-hydrogen) atoms. The fraction of sp³-hybridized carbons (Fsp3) is 0.273. The topological polar surface area (TPSA) is 102 Å². The number of aryl methyl sites for hydroxylation is 1. The molecule has 8 nitrogen and oxygen atoms in total. The van der Waals surface area contributed by atoms with E-state index in [1.54, 1.807) is 29.2 Å². The number of nitrogens with one attached hydrogen (secondary N) is 1. The first-order valence-electron chi connectivity index (χ1n) is 9.78. The van der Waals surface area contributed by atoms with Gasteiger partial charge in [0.2, 0.25) is 0 Å². The van der Waals surface area contributed by atoms with Crippen molar-refractivity contribution in [2.45, 2.75) is 19.3 Å². The molecule has 8 heteroatoms. The van der Waals surface area contributed by atoms with Crippen molar-refractivity contribution in [1.29, 1.82) is 0 Å². The molecule has 3 heterocycles. The maximum Gasteiger partial charge on any atom is 0.291 e. The van der Waals surface area contributed by atoms with Crippen molar-refractivity contribution in [3.63, 3.8) is 0 Å². The highest BCUT2D eigenvalue weighted by molar-refractivity contribution is 6.03. The molecule has 0 atom stereocenters. The lowest BCUT2D eigenvalue weighted by atomic mass is 10.1. The Hall–Kier alpha value is -3.68. The summed E-state index contributed by atoms with van der Waals surface area (Å²) in [6.07, 6.45) is 4.45. The van der Waals surface area contributed by atoms with Gasteiger partial charge in [-0.25, -0.2) is 0 Å². The van der Waals surface area contributed by atoms with E-state index in [2.05, 4.69) is 5.32 Å². The van der Waals surface area contributed by atoms with Crippen LogP contribution in [0, 0.1) is 0 Å². The Kier molecular flexibility index (Phi) is 5.22. The molecule has 1 aliphatic rings. The molecule has 1 N–H and O–H groups in total. The lowest BCUT2D eigenvalue weighted by molar-refractivity contribution is 0.0723. The van der Waals surface area contributed by atoms with Gasteiger partial charge in [-0.2, -0.15) is 0 Å². The number of likely N-dealkylation sites (tertiary alicyclic amines) is 1. The van der Waals surface area contributed by atoms with Crippen LogP contribution in [-0.4, -0.2) is 34.4 Å². The molecule has 1 saturated heterocycles. The number of carbonyl (C=O) groups is 2. The molecular formula is C22H21N3O5. The average molecular weight is 407 g/mol. The second-order valence-electron chi connectivity index (χ2n) is 7.34. The Bertz CT molecular complexity index is 1250. The molecule has 3 aromatic rings. The number of anilines is 1. The van der Waals surface area contributed by atoms with Gasteiger partial charge in [0.25, 0.3) is 17.4 Å². The van der Waals surface area contributed by atoms with Crippen LogP contribution in [0.25, 0.3) is 11.0 Å². The number of carbonyl (C=O) groups excluding carboxylic acids is 2. The zero-order chi connectivity index (χ0) is 21.3. The molecule has 0 unspecified atom stereocenters. The Morgan fingerprint density at radius 3 is 2.53 bits per heavy atom. The number of hydrogen-bond donors (Lipinski definition) is 1. The third-order valence-electron chi connectivity index (χ3n) is 5.18. The lowest BCUT2D eigenvalue weighted by Crippen LogP contribution is -2.36. The number of para-hydroxylation sites is 1. The predicted octanol–water partition coefficient (Wildman–Crippen LogP) is 2.37. The number of benzene rings is 1. The molecule has 1 aliphatic heterocycles. The van der Waals surface area contributed by atoms with Crippen molar-refractivity contribution in [3.05, 3.63) is 74.5 Å². The summed E-state index contributed by atoms with van der Waals surface area (Å²) >= 11 is 0. The van der Waals surface area contributed by atoms with Crippen LogP contribution in [0.2, 0.25) is 0 Å². The van der Waals surface area contributed by atoms with E-state index in [1.807, 2.05) is 0 Å². The first-order chi connectivity index (χ1) is 14.4. The van der Waals surface area contributed by atoms with Gasteiger partial charge in [0.1, 0.15) is 11.3 Å². The van der Waals surface area contributed by atoms with E-state index in [0.29, 0.717) is 24.0 Å². The monoisotopic (exact) mass is 407 g/mol. The van der Waals surface area contributed by atoms with Crippen molar-refractivity contribution in [2.75, 3.05) is 18.4 Å². The van der Waals surface area contributed by atoms with E-state index >= 15 is 0 Å². The predicted molar refractivity (Wildman–Crippen MR) is 112 cm³/mol. The molecule has 4 rings (SSSR count). The minimum Gasteiger partial charge on any atom is -0.451 e. The smallest absolute Gasteiger partial charge is 0.291 e. The average Bonchev–Trinajstić information content (AvgIpc) is 2.76. The standard InChI is InChI=1S/C22H21N3O5/c1-24-13-14(21(28)25-9-5-2-6-10-25)11-16(22(24)29)23-20(27)19-12-17(26)15-7-3-4-8-18(15)30-19/h3-4,7-8,11-13H,2,5-6,9-10H2,1H3,(H,23,27). The summed E-state index contributed by atoms with van der Waals surface area (Å²) in [7, 11) is 1.52. The normalized spacial score (nSPS) is 14.0. The number of nitrogens with zero attached hydrogens (tertiary/aromatic N) is 2. The maximum absolute atomic E-state index is 12.8. The van der Waals surface area contributed by atoms with Gasteiger partial charge in [-0.3, -0.25) is 19.2 Å². The van der Waals surface area contributed by atoms with Crippen molar-refractivity contribution in [1.82, 2.24) is 9.47 Å². The van der Waals surface area contributed by atoms with Gasteiger partial charge >= 0.3 is 0 Å². The van der Waals surface area contributed by atoms with E-state index < -0.39 is 11.5 Å². The first-order valence-corrected chi connectivity index (χ1v) is 9.78. The molecule has 0 bridgehead atoms. The molecule has 154 valence electrons. The Balaban J connectivity index is 1.65. The summed E-state index contributed by atoms with van der Waals surface area (Å²) in [5.41, 5.74) is -0.293. The van der Waals surface area contributed by atoms with E-state index in [1.165, 1.54) is 23.9 Å². The van der Waals surface area contributed by atoms with Gasteiger partial charge in [-0.15, -0.1) is 0 Å². The van der Waals surface area contributed by atoms with E-state index in [-0.39, 0.29) is 28.4 Å². The number of piperidine rings is 1. The molecule has 1 aromatic carbocycles. The minimum absolute atomic E-state index is 0.0545. The lowest BCUT2D eigenvalue weighted by Gasteiger charge is -2.27. The summed E-state index contributed by atoms with van der Waals surface area (Å²) in [5.74, 6) is -1.14. The van der Waals surface area contributed by atoms with Crippen LogP contribution in [-0.2, 0) is 7.05 Å². The summed E-state index contributed by atoms with van der Waals surface area (Å²) < 4.78 is 6.78. The highest BCUT2D eigenvalue weighted by atomic mass is 16.3. The van der Waals surface area contributed by atoms with Gasteiger partial charge < -0.3 is 19.2 Å². The van der Waals surface area contributed by atoms with Crippen LogP contribution in [0.1, 0.15) is 40.2 Å². The van der Waals surface area contributed by atoms with Gasteiger partial charge in [0.15, 0.2) is 11.2 Å². The molecule has 2 aromatic heterocycles. The highest BCUT2D eigenvalue weighted by Crippen LogP contribution is 2.16. The molecule has 0 aliphatic carbocycles. The van der Waals surface area contributed by atoms with Crippen LogP contribution < -0.4 is 16.3 Å². The number of amides is 2. The van der Waals surface area contributed by atoms with E-state index in [4.69, 9.17) is 4.42 Å². The fourth-order valence-corrected chi connectivity index (χ4v) is 3.60. The third kappa shape index (κ3) is 3.76. The summed E-state index contributed by atoms with van der Waals surface area (Å²) in [6, 6.07) is 9.05. The minimum atomic E-state index is -0.738. The summed E-state index contributed by atoms with van der Waals surface area (Å²) in [4.78, 5) is 52.0. The van der Waals surface area contributed by atoms with Crippen LogP contribution in [0.4, 0.5) is 5.69 Å². The van der Waals surface area contributed by atoms with Gasteiger partial charge in [0, 0.05) is 32.4 Å². The summed E-state index contributed by atoms with van der Waals surface area (Å²) in [5, 5.41) is 2.84. The second kappa shape index (κ2) is 7.98. The molecule has 1 fully saturated rings. The molecule has 2 amide bonds. The number of aromatic nitrogens is 1. The Labute approximate surface area is 171 Å². The molecule has 0 radical (unpaired) electrons. The van der Waals surface area contributed by atoms with E-state index in [0.717, 1.165) is 25.3 Å².